The Bertz CT molecular complexity index is 671. The molecule has 2 atom stereocenters. The third-order valence-corrected chi connectivity index (χ3v) is 4.75. The molecule has 136 valence electrons. The quantitative estimate of drug-likeness (QED) is 0.673. The lowest BCUT2D eigenvalue weighted by Gasteiger charge is -2.23. The average Bonchev–Trinajstić information content (AvgIpc) is 2.84. The fourth-order valence-corrected chi connectivity index (χ4v) is 2.69. The molecule has 1 aromatic carbocycles. The van der Waals surface area contributed by atoms with E-state index in [-0.39, 0.29) is 11.9 Å². The molecular weight excluding hydrogens is 320 g/mol. The standard InChI is InChI=1S/C18H26N4O3/c1-11(2)14(19)9-10-22(4)15(23)12-5-7-13(8-6-12)18(3)16(24)20-17(25)21-18/h5-8,11,14H,9-10,19H2,1-4H3,(H2,20,21,24,25). The van der Waals surface area contributed by atoms with E-state index < -0.39 is 17.5 Å². The highest BCUT2D eigenvalue weighted by atomic mass is 16.2. The highest BCUT2D eigenvalue weighted by Gasteiger charge is 2.43. The summed E-state index contributed by atoms with van der Waals surface area (Å²) in [7, 11) is 1.75. The van der Waals surface area contributed by atoms with Gasteiger partial charge in [-0.1, -0.05) is 26.0 Å². The third-order valence-electron chi connectivity index (χ3n) is 4.75. The lowest BCUT2D eigenvalue weighted by Crippen LogP contribution is -2.40. The number of rotatable bonds is 6. The molecule has 1 aromatic rings. The van der Waals surface area contributed by atoms with Crippen LogP contribution >= 0.6 is 0 Å². The van der Waals surface area contributed by atoms with E-state index in [2.05, 4.69) is 24.5 Å². The Morgan fingerprint density at radius 1 is 1.24 bits per heavy atom. The number of nitrogens with one attached hydrogen (secondary N) is 2. The van der Waals surface area contributed by atoms with Gasteiger partial charge in [-0.3, -0.25) is 14.9 Å². The predicted molar refractivity (Wildman–Crippen MR) is 94.9 cm³/mol. The number of hydrogen-bond acceptors (Lipinski definition) is 4. The summed E-state index contributed by atoms with van der Waals surface area (Å²) in [6, 6.07) is 6.24. The number of urea groups is 1. The van der Waals surface area contributed by atoms with E-state index in [0.29, 0.717) is 23.6 Å². The van der Waals surface area contributed by atoms with Crippen LogP contribution in [0.1, 0.15) is 43.1 Å². The second-order valence-electron chi connectivity index (χ2n) is 7.03. The minimum atomic E-state index is -1.12. The summed E-state index contributed by atoms with van der Waals surface area (Å²) in [6.45, 7) is 6.33. The van der Waals surface area contributed by atoms with Gasteiger partial charge < -0.3 is 16.0 Å². The Morgan fingerprint density at radius 2 is 1.84 bits per heavy atom. The molecule has 7 nitrogen and oxygen atoms in total. The number of hydrogen-bond donors (Lipinski definition) is 3. The minimum absolute atomic E-state index is 0.0575. The van der Waals surface area contributed by atoms with Crippen LogP contribution in [-0.2, 0) is 10.3 Å². The van der Waals surface area contributed by atoms with E-state index in [1.54, 1.807) is 43.1 Å². The second kappa shape index (κ2) is 7.23. The van der Waals surface area contributed by atoms with Gasteiger partial charge in [0, 0.05) is 25.2 Å². The monoisotopic (exact) mass is 346 g/mol. The van der Waals surface area contributed by atoms with Crippen LogP contribution in [0.4, 0.5) is 4.79 Å². The van der Waals surface area contributed by atoms with Crippen molar-refractivity contribution < 1.29 is 14.4 Å². The van der Waals surface area contributed by atoms with Crippen LogP contribution in [0.3, 0.4) is 0 Å². The van der Waals surface area contributed by atoms with Gasteiger partial charge in [0.15, 0.2) is 0 Å². The van der Waals surface area contributed by atoms with Gasteiger partial charge in [-0.05, 0) is 37.0 Å². The van der Waals surface area contributed by atoms with Crippen molar-refractivity contribution in [2.24, 2.45) is 11.7 Å². The molecule has 0 bridgehead atoms. The Hall–Kier alpha value is -2.41. The van der Waals surface area contributed by atoms with E-state index in [0.717, 1.165) is 6.42 Å². The van der Waals surface area contributed by atoms with Gasteiger partial charge >= 0.3 is 6.03 Å². The maximum absolute atomic E-state index is 12.5. The number of nitrogens with zero attached hydrogens (tertiary/aromatic N) is 1. The van der Waals surface area contributed by atoms with Gasteiger partial charge in [0.2, 0.25) is 0 Å². The summed E-state index contributed by atoms with van der Waals surface area (Å²) < 4.78 is 0. The van der Waals surface area contributed by atoms with Crippen molar-refractivity contribution in [3.8, 4) is 0 Å². The summed E-state index contributed by atoms with van der Waals surface area (Å²) in [5.74, 6) is -0.139. The van der Waals surface area contributed by atoms with Gasteiger partial charge in [-0.2, -0.15) is 0 Å². The molecular formula is C18H26N4O3. The zero-order valence-electron chi connectivity index (χ0n) is 15.1. The maximum Gasteiger partial charge on any atom is 0.322 e. The fourth-order valence-electron chi connectivity index (χ4n) is 2.69. The summed E-state index contributed by atoms with van der Waals surface area (Å²) in [4.78, 5) is 37.5. The van der Waals surface area contributed by atoms with Crippen LogP contribution in [0.25, 0.3) is 0 Å². The number of nitrogens with two attached hydrogens (primary N) is 1. The van der Waals surface area contributed by atoms with Crippen LogP contribution in [0.15, 0.2) is 24.3 Å². The topological polar surface area (TPSA) is 105 Å². The zero-order chi connectivity index (χ0) is 18.8. The zero-order valence-corrected chi connectivity index (χ0v) is 15.1. The molecule has 0 spiro atoms. The lowest BCUT2D eigenvalue weighted by atomic mass is 9.91. The van der Waals surface area contributed by atoms with Gasteiger partial charge in [-0.25, -0.2) is 4.79 Å². The molecule has 0 aliphatic carbocycles. The third kappa shape index (κ3) is 3.99. The van der Waals surface area contributed by atoms with E-state index in [1.165, 1.54) is 0 Å². The van der Waals surface area contributed by atoms with Crippen molar-refractivity contribution in [1.29, 1.82) is 0 Å². The molecule has 4 amide bonds. The molecule has 4 N–H and O–H groups in total. The lowest BCUT2D eigenvalue weighted by molar-refractivity contribution is -0.123. The molecule has 1 saturated heterocycles. The maximum atomic E-state index is 12.5. The van der Waals surface area contributed by atoms with Crippen LogP contribution < -0.4 is 16.4 Å². The van der Waals surface area contributed by atoms with Gasteiger partial charge in [0.1, 0.15) is 5.54 Å². The van der Waals surface area contributed by atoms with Crippen molar-refractivity contribution in [2.45, 2.75) is 38.8 Å². The Kier molecular flexibility index (Phi) is 5.47. The summed E-state index contributed by atoms with van der Waals surface area (Å²) >= 11 is 0. The van der Waals surface area contributed by atoms with E-state index in [4.69, 9.17) is 5.73 Å². The van der Waals surface area contributed by atoms with Gasteiger partial charge in [-0.15, -0.1) is 0 Å². The Balaban J connectivity index is 2.05. The largest absolute Gasteiger partial charge is 0.342 e. The van der Waals surface area contributed by atoms with Crippen LogP contribution in [0.5, 0.6) is 0 Å². The summed E-state index contributed by atoms with van der Waals surface area (Å²) in [5.41, 5.74) is 6.05. The van der Waals surface area contributed by atoms with E-state index in [1.807, 2.05) is 0 Å². The second-order valence-corrected chi connectivity index (χ2v) is 7.03. The molecule has 1 aliphatic heterocycles. The van der Waals surface area contributed by atoms with Crippen molar-refractivity contribution >= 4 is 17.8 Å². The molecule has 7 heteroatoms. The van der Waals surface area contributed by atoms with Crippen molar-refractivity contribution in [3.63, 3.8) is 0 Å². The molecule has 1 fully saturated rings. The fraction of sp³-hybridized carbons (Fsp3) is 0.500. The summed E-state index contributed by atoms with van der Waals surface area (Å²) in [5, 5.41) is 4.82. The molecule has 2 unspecified atom stereocenters. The predicted octanol–water partition coefficient (Wildman–Crippen LogP) is 1.19. The highest BCUT2D eigenvalue weighted by molar-refractivity contribution is 6.07. The van der Waals surface area contributed by atoms with E-state index in [9.17, 15) is 14.4 Å². The van der Waals surface area contributed by atoms with Crippen LogP contribution in [0, 0.1) is 5.92 Å². The van der Waals surface area contributed by atoms with E-state index >= 15 is 0 Å². The number of benzene rings is 1. The molecule has 1 aliphatic rings. The normalized spacial score (nSPS) is 21.0. The molecule has 1 heterocycles. The van der Waals surface area contributed by atoms with Crippen LogP contribution in [0.2, 0.25) is 0 Å². The molecule has 2 rings (SSSR count). The molecule has 0 radical (unpaired) electrons. The first-order valence-corrected chi connectivity index (χ1v) is 8.40. The Labute approximate surface area is 147 Å². The van der Waals surface area contributed by atoms with Crippen LogP contribution in [-0.4, -0.2) is 42.4 Å². The van der Waals surface area contributed by atoms with Crippen molar-refractivity contribution in [1.82, 2.24) is 15.5 Å². The molecule has 0 saturated carbocycles. The van der Waals surface area contributed by atoms with Gasteiger partial charge in [0.05, 0.1) is 0 Å². The first-order valence-electron chi connectivity index (χ1n) is 8.40. The van der Waals surface area contributed by atoms with Gasteiger partial charge in [0.25, 0.3) is 11.8 Å². The minimum Gasteiger partial charge on any atom is -0.342 e. The smallest absolute Gasteiger partial charge is 0.322 e. The number of amides is 4. The molecule has 25 heavy (non-hydrogen) atoms. The first kappa shape index (κ1) is 18.9. The Morgan fingerprint density at radius 3 is 2.32 bits per heavy atom. The SMILES string of the molecule is CC(C)C(N)CCN(C)C(=O)c1ccc(C2(C)NC(=O)NC2=O)cc1. The molecule has 0 aromatic heterocycles. The van der Waals surface area contributed by atoms with Crippen molar-refractivity contribution in [2.75, 3.05) is 13.6 Å². The first-order chi connectivity index (χ1) is 11.6. The number of carbonyl (C=O) groups excluding carboxylic acids is 3. The average molecular weight is 346 g/mol. The van der Waals surface area contributed by atoms with Crippen molar-refractivity contribution in [3.05, 3.63) is 35.4 Å². The highest BCUT2D eigenvalue weighted by Crippen LogP contribution is 2.24. The summed E-state index contributed by atoms with van der Waals surface area (Å²) in [6.07, 6.45) is 0.738. The number of carbonyl (C=O) groups is 3. The number of imide groups is 1.